The second-order valence-electron chi connectivity index (χ2n) is 8.06. The van der Waals surface area contributed by atoms with Gasteiger partial charge in [0.15, 0.2) is 0 Å². The standard InChI is InChI=1S/C21H27N3O3S/c1-17-3-4-20-19(13-17)15-24(28(2,25)26)16-21(27-20)7-11-23(12-8-21)14-18-5-9-22-10-6-18/h3-6,9-10,13H,7-8,11-12,14-16H2,1-2H3. The highest BCUT2D eigenvalue weighted by atomic mass is 32.2. The van der Waals surface area contributed by atoms with Crippen LogP contribution in [0.5, 0.6) is 5.75 Å². The van der Waals surface area contributed by atoms with E-state index in [0.29, 0.717) is 13.1 Å². The Hall–Kier alpha value is -1.96. The number of aromatic nitrogens is 1. The third-order valence-corrected chi connectivity index (χ3v) is 6.94. The molecule has 28 heavy (non-hydrogen) atoms. The number of aryl methyl sites for hydroxylation is 1. The zero-order valence-corrected chi connectivity index (χ0v) is 17.3. The lowest BCUT2D eigenvalue weighted by atomic mass is 9.90. The van der Waals surface area contributed by atoms with Gasteiger partial charge in [-0.2, -0.15) is 4.31 Å². The van der Waals surface area contributed by atoms with Gasteiger partial charge in [0, 0.05) is 57.0 Å². The van der Waals surface area contributed by atoms with Gasteiger partial charge >= 0.3 is 0 Å². The fraction of sp³-hybridized carbons (Fsp3) is 0.476. The predicted molar refractivity (Wildman–Crippen MR) is 109 cm³/mol. The number of nitrogens with zero attached hydrogens (tertiary/aromatic N) is 3. The summed E-state index contributed by atoms with van der Waals surface area (Å²) in [6.45, 7) is 5.43. The van der Waals surface area contributed by atoms with Crippen LogP contribution in [0, 0.1) is 6.92 Å². The van der Waals surface area contributed by atoms with Crippen molar-refractivity contribution >= 4 is 10.0 Å². The molecule has 0 N–H and O–H groups in total. The lowest BCUT2D eigenvalue weighted by molar-refractivity contribution is -0.00745. The van der Waals surface area contributed by atoms with E-state index in [0.717, 1.165) is 49.4 Å². The summed E-state index contributed by atoms with van der Waals surface area (Å²) in [5.41, 5.74) is 2.82. The zero-order valence-electron chi connectivity index (χ0n) is 16.5. The van der Waals surface area contributed by atoms with Crippen molar-refractivity contribution in [3.05, 3.63) is 59.4 Å². The van der Waals surface area contributed by atoms with Crippen LogP contribution >= 0.6 is 0 Å². The molecule has 0 atom stereocenters. The van der Waals surface area contributed by atoms with E-state index in [-0.39, 0.29) is 0 Å². The lowest BCUT2D eigenvalue weighted by Gasteiger charge is -2.42. The van der Waals surface area contributed by atoms with Gasteiger partial charge in [-0.3, -0.25) is 9.88 Å². The maximum atomic E-state index is 12.4. The molecule has 0 radical (unpaired) electrons. The quantitative estimate of drug-likeness (QED) is 0.791. The van der Waals surface area contributed by atoms with E-state index in [2.05, 4.69) is 9.88 Å². The molecule has 0 unspecified atom stereocenters. The summed E-state index contributed by atoms with van der Waals surface area (Å²) in [4.78, 5) is 6.47. The minimum absolute atomic E-state index is 0.373. The van der Waals surface area contributed by atoms with Crippen LogP contribution in [0.25, 0.3) is 0 Å². The summed E-state index contributed by atoms with van der Waals surface area (Å²) in [7, 11) is -3.31. The summed E-state index contributed by atoms with van der Waals surface area (Å²) in [6.07, 6.45) is 6.53. The molecule has 4 rings (SSSR count). The topological polar surface area (TPSA) is 62.7 Å². The highest BCUT2D eigenvalue weighted by Gasteiger charge is 2.42. The molecule has 1 saturated heterocycles. The highest BCUT2D eigenvalue weighted by molar-refractivity contribution is 7.88. The van der Waals surface area contributed by atoms with Crippen molar-refractivity contribution in [3.8, 4) is 5.75 Å². The van der Waals surface area contributed by atoms with E-state index in [4.69, 9.17) is 4.74 Å². The first-order chi connectivity index (χ1) is 13.3. The number of sulfonamides is 1. The van der Waals surface area contributed by atoms with E-state index in [9.17, 15) is 8.42 Å². The molecule has 0 bridgehead atoms. The second kappa shape index (κ2) is 7.46. The van der Waals surface area contributed by atoms with E-state index in [1.54, 1.807) is 4.31 Å². The van der Waals surface area contributed by atoms with Crippen molar-refractivity contribution in [2.24, 2.45) is 0 Å². The molecular formula is C21H27N3O3S. The monoisotopic (exact) mass is 401 g/mol. The molecule has 2 aliphatic heterocycles. The molecule has 1 aromatic carbocycles. The highest BCUT2D eigenvalue weighted by Crippen LogP contribution is 2.37. The van der Waals surface area contributed by atoms with Crippen LogP contribution in [-0.4, -0.2) is 54.1 Å². The van der Waals surface area contributed by atoms with Gasteiger partial charge in [0.2, 0.25) is 10.0 Å². The smallest absolute Gasteiger partial charge is 0.211 e. The number of likely N-dealkylation sites (tertiary alicyclic amines) is 1. The molecule has 1 fully saturated rings. The maximum absolute atomic E-state index is 12.4. The van der Waals surface area contributed by atoms with Crippen molar-refractivity contribution < 1.29 is 13.2 Å². The number of pyridine rings is 1. The number of hydrogen-bond acceptors (Lipinski definition) is 5. The molecule has 0 aliphatic carbocycles. The largest absolute Gasteiger partial charge is 0.485 e. The number of piperidine rings is 1. The molecular weight excluding hydrogens is 374 g/mol. The molecule has 0 amide bonds. The molecule has 150 valence electrons. The Labute approximate surface area is 167 Å². The average Bonchev–Trinajstić information content (AvgIpc) is 2.81. The van der Waals surface area contributed by atoms with Gasteiger partial charge in [-0.1, -0.05) is 17.7 Å². The van der Waals surface area contributed by atoms with Gasteiger partial charge in [0.05, 0.1) is 12.8 Å². The molecule has 1 aromatic heterocycles. The van der Waals surface area contributed by atoms with Gasteiger partial charge in [0.1, 0.15) is 11.4 Å². The number of hydrogen-bond donors (Lipinski definition) is 0. The Morgan fingerprint density at radius 3 is 2.54 bits per heavy atom. The van der Waals surface area contributed by atoms with Gasteiger partial charge in [-0.05, 0) is 30.7 Å². The van der Waals surface area contributed by atoms with Crippen LogP contribution < -0.4 is 4.74 Å². The summed E-state index contributed by atoms with van der Waals surface area (Å²) < 4.78 is 32.9. The van der Waals surface area contributed by atoms with Crippen molar-refractivity contribution in [1.29, 1.82) is 0 Å². The maximum Gasteiger partial charge on any atom is 0.211 e. The van der Waals surface area contributed by atoms with E-state index in [1.807, 2.05) is 49.6 Å². The molecule has 0 saturated carbocycles. The van der Waals surface area contributed by atoms with Crippen LogP contribution in [-0.2, 0) is 23.1 Å². The lowest BCUT2D eigenvalue weighted by Crippen LogP contribution is -2.53. The van der Waals surface area contributed by atoms with E-state index >= 15 is 0 Å². The Balaban J connectivity index is 1.55. The van der Waals surface area contributed by atoms with Crippen molar-refractivity contribution in [2.45, 2.75) is 38.5 Å². The molecule has 6 nitrogen and oxygen atoms in total. The molecule has 2 aliphatic rings. The number of rotatable bonds is 3. The average molecular weight is 402 g/mol. The minimum Gasteiger partial charge on any atom is -0.485 e. The Morgan fingerprint density at radius 1 is 1.14 bits per heavy atom. The third kappa shape index (κ3) is 4.21. The Kier molecular flexibility index (Phi) is 5.16. The predicted octanol–water partition coefficient (Wildman–Crippen LogP) is 2.58. The third-order valence-electron chi connectivity index (χ3n) is 5.75. The summed E-state index contributed by atoms with van der Waals surface area (Å²) in [5.74, 6) is 0.819. The Bertz CT molecular complexity index is 939. The van der Waals surface area contributed by atoms with Crippen LogP contribution in [0.4, 0.5) is 0 Å². The van der Waals surface area contributed by atoms with Crippen molar-refractivity contribution in [3.63, 3.8) is 0 Å². The van der Waals surface area contributed by atoms with Gasteiger partial charge in [-0.15, -0.1) is 0 Å². The number of fused-ring (bicyclic) bond motifs is 1. The zero-order chi connectivity index (χ0) is 19.8. The molecule has 3 heterocycles. The first kappa shape index (κ1) is 19.4. The van der Waals surface area contributed by atoms with E-state index in [1.165, 1.54) is 11.8 Å². The van der Waals surface area contributed by atoms with Crippen molar-refractivity contribution in [1.82, 2.24) is 14.2 Å². The number of ether oxygens (including phenoxy) is 1. The Morgan fingerprint density at radius 2 is 1.86 bits per heavy atom. The summed E-state index contributed by atoms with van der Waals surface area (Å²) in [6, 6.07) is 10.1. The second-order valence-corrected chi connectivity index (χ2v) is 10.0. The molecule has 1 spiro atoms. The summed E-state index contributed by atoms with van der Waals surface area (Å²) in [5, 5.41) is 0. The van der Waals surface area contributed by atoms with Gasteiger partial charge in [0.25, 0.3) is 0 Å². The van der Waals surface area contributed by atoms with Gasteiger partial charge in [-0.25, -0.2) is 8.42 Å². The van der Waals surface area contributed by atoms with Crippen molar-refractivity contribution in [2.75, 3.05) is 25.9 Å². The van der Waals surface area contributed by atoms with E-state index < -0.39 is 15.6 Å². The first-order valence-corrected chi connectivity index (χ1v) is 11.5. The number of benzene rings is 1. The molecule has 2 aromatic rings. The van der Waals surface area contributed by atoms with Crippen LogP contribution in [0.3, 0.4) is 0 Å². The minimum atomic E-state index is -3.31. The van der Waals surface area contributed by atoms with Crippen LogP contribution in [0.2, 0.25) is 0 Å². The van der Waals surface area contributed by atoms with Crippen LogP contribution in [0.15, 0.2) is 42.7 Å². The SMILES string of the molecule is Cc1ccc2c(c1)CN(S(C)(=O)=O)CC1(CCN(Cc3ccncc3)CC1)O2. The summed E-state index contributed by atoms with van der Waals surface area (Å²) >= 11 is 0. The normalized spacial score (nSPS) is 20.4. The fourth-order valence-electron chi connectivity index (χ4n) is 4.12. The van der Waals surface area contributed by atoms with Gasteiger partial charge < -0.3 is 4.74 Å². The first-order valence-electron chi connectivity index (χ1n) is 9.68. The molecule has 7 heteroatoms. The fourth-order valence-corrected chi connectivity index (χ4v) is 4.97. The van der Waals surface area contributed by atoms with Crippen LogP contribution in [0.1, 0.15) is 29.5 Å².